The Bertz CT molecular complexity index is 1590. The minimum absolute atomic E-state index is 0. The molecule has 0 atom stereocenters. The Kier molecular flexibility index (Phi) is 13.5. The number of ketones is 1. The molecule has 0 amide bonds. The van der Waals surface area contributed by atoms with E-state index in [0.717, 1.165) is 53.8 Å². The number of aliphatic hydroxyl groups excluding tert-OH is 1. The first kappa shape index (κ1) is 36.0. The van der Waals surface area contributed by atoms with Crippen LogP contribution < -0.4 is 0 Å². The molecule has 1 aromatic heterocycles. The third-order valence-electron chi connectivity index (χ3n) is 10.4. The van der Waals surface area contributed by atoms with Gasteiger partial charge in [0.15, 0.2) is 5.78 Å². The summed E-state index contributed by atoms with van der Waals surface area (Å²) in [6, 6.07) is 22.8. The van der Waals surface area contributed by atoms with Gasteiger partial charge in [-0.3, -0.25) is 9.78 Å². The Labute approximate surface area is 289 Å². The molecular weight excluding hydrogens is 745 g/mol. The molecule has 0 spiro atoms. The molecule has 1 N–H and O–H groups in total. The molecule has 0 unspecified atom stereocenters. The number of hydrogen-bond donors (Lipinski definition) is 1. The second-order valence-corrected chi connectivity index (χ2v) is 13.5. The van der Waals surface area contributed by atoms with Crippen LogP contribution >= 0.6 is 0 Å². The van der Waals surface area contributed by atoms with Crippen LogP contribution in [0.1, 0.15) is 116 Å². The van der Waals surface area contributed by atoms with Crippen LogP contribution in [0.5, 0.6) is 0 Å². The van der Waals surface area contributed by atoms with Gasteiger partial charge in [0.05, 0.1) is 11.3 Å². The van der Waals surface area contributed by atoms with E-state index in [1.54, 1.807) is 12.4 Å². The van der Waals surface area contributed by atoms with Crippen LogP contribution in [0.3, 0.4) is 0 Å². The van der Waals surface area contributed by atoms with Crippen molar-refractivity contribution in [3.63, 3.8) is 0 Å². The van der Waals surface area contributed by atoms with E-state index < -0.39 is 0 Å². The third-order valence-corrected chi connectivity index (χ3v) is 10.4. The number of nitrogens with zero attached hydrogens (tertiary/aromatic N) is 2. The Morgan fingerprint density at radius 3 is 2.20 bits per heavy atom. The van der Waals surface area contributed by atoms with E-state index >= 15 is 0 Å². The van der Waals surface area contributed by atoms with Crippen LogP contribution in [0.15, 0.2) is 72.8 Å². The van der Waals surface area contributed by atoms with E-state index in [9.17, 15) is 9.90 Å². The Morgan fingerprint density at radius 2 is 1.48 bits per heavy atom. The monoisotopic (exact) mass is 796 g/mol. The molecule has 4 aromatic rings. The average Bonchev–Trinajstić information content (AvgIpc) is 3.09. The van der Waals surface area contributed by atoms with Gasteiger partial charge in [-0.2, -0.15) is 0 Å². The van der Waals surface area contributed by atoms with Crippen LogP contribution in [-0.2, 0) is 24.9 Å². The summed E-state index contributed by atoms with van der Waals surface area (Å²) in [4.78, 5) is 21.2. The van der Waals surface area contributed by atoms with Gasteiger partial charge in [0, 0.05) is 38.0 Å². The molecule has 0 bridgehead atoms. The van der Waals surface area contributed by atoms with E-state index in [1.165, 1.54) is 80.5 Å². The number of fused-ring (bicyclic) bond motifs is 2. The molecule has 3 aromatic carbocycles. The summed E-state index contributed by atoms with van der Waals surface area (Å²) in [6.45, 7) is 2.37. The molecule has 0 aliphatic heterocycles. The Hall–Kier alpha value is -2.88. The number of allylic oxidation sites excluding steroid dienone is 2. The van der Waals surface area contributed by atoms with E-state index in [4.69, 9.17) is 0 Å². The van der Waals surface area contributed by atoms with Gasteiger partial charge in [0.1, 0.15) is 6.33 Å². The van der Waals surface area contributed by atoms with Crippen LogP contribution in [-0.4, -0.2) is 20.9 Å². The van der Waals surface area contributed by atoms with Crippen molar-refractivity contribution < 1.29 is 30.0 Å². The molecule has 1 radical (unpaired) electrons. The molecule has 5 heteroatoms. The zero-order valence-electron chi connectivity index (χ0n) is 26.6. The molecule has 3 fully saturated rings. The summed E-state index contributed by atoms with van der Waals surface area (Å²) in [5.74, 6) is 2.51. The summed E-state index contributed by atoms with van der Waals surface area (Å²) in [5.41, 5.74) is 4.50. The Balaban J connectivity index is 0.000000221. The maximum Gasteiger partial charge on any atom is 0.162 e. The first-order valence-electron chi connectivity index (χ1n) is 17.2. The molecule has 7 rings (SSSR count). The quantitative estimate of drug-likeness (QED) is 0.124. The molecule has 3 saturated carbocycles. The molecule has 46 heavy (non-hydrogen) atoms. The van der Waals surface area contributed by atoms with Gasteiger partial charge in [-0.05, 0) is 73.1 Å². The third kappa shape index (κ3) is 8.72. The fourth-order valence-electron chi connectivity index (χ4n) is 7.65. The van der Waals surface area contributed by atoms with Crippen molar-refractivity contribution in [2.24, 2.45) is 17.8 Å². The van der Waals surface area contributed by atoms with Crippen molar-refractivity contribution >= 4 is 27.5 Å². The van der Waals surface area contributed by atoms with Crippen LogP contribution in [0.2, 0.25) is 0 Å². The minimum Gasteiger partial charge on any atom is -0.512 e. The number of carbonyl (C=O) groups excluding carboxylic acids is 1. The van der Waals surface area contributed by atoms with Crippen molar-refractivity contribution in [1.82, 2.24) is 9.97 Å². The first-order valence-corrected chi connectivity index (χ1v) is 17.2. The SMILES string of the molecule is C.CC1CCC(c2ccc3ncnc(-c4[c-]ccc5ccccc45)c3c2)CC1.O=C(C=C(O)C1CCCCC1)C1CCCCC1.[Ir]. The van der Waals surface area contributed by atoms with E-state index in [0.29, 0.717) is 11.7 Å². The van der Waals surface area contributed by atoms with Gasteiger partial charge >= 0.3 is 0 Å². The van der Waals surface area contributed by atoms with Crippen LogP contribution in [0, 0.1) is 23.8 Å². The minimum atomic E-state index is 0. The number of rotatable bonds is 5. The molecule has 0 saturated heterocycles. The van der Waals surface area contributed by atoms with Gasteiger partial charge in [0.2, 0.25) is 0 Å². The maximum atomic E-state index is 12.0. The zero-order valence-corrected chi connectivity index (χ0v) is 29.0. The van der Waals surface area contributed by atoms with Gasteiger partial charge in [0.25, 0.3) is 0 Å². The number of benzene rings is 3. The van der Waals surface area contributed by atoms with E-state index in [-0.39, 0.29) is 45.2 Å². The molecule has 1 heterocycles. The van der Waals surface area contributed by atoms with Crippen LogP contribution in [0.25, 0.3) is 32.9 Å². The normalized spacial score (nSPS) is 21.0. The largest absolute Gasteiger partial charge is 0.512 e. The second kappa shape index (κ2) is 17.3. The van der Waals surface area contributed by atoms with Crippen molar-refractivity contribution in [1.29, 1.82) is 0 Å². The van der Waals surface area contributed by atoms with Gasteiger partial charge < -0.3 is 5.11 Å². The zero-order chi connectivity index (χ0) is 30.3. The number of carbonyl (C=O) groups is 1. The van der Waals surface area contributed by atoms with Crippen molar-refractivity contribution in [2.45, 2.75) is 110 Å². The fraction of sp³-hybridized carbons (Fsp3) is 0.488. The predicted molar refractivity (Wildman–Crippen MR) is 187 cm³/mol. The Morgan fingerprint density at radius 1 is 0.804 bits per heavy atom. The van der Waals surface area contributed by atoms with Crippen molar-refractivity contribution in [2.75, 3.05) is 0 Å². The fourth-order valence-corrected chi connectivity index (χ4v) is 7.65. The summed E-state index contributed by atoms with van der Waals surface area (Å²) < 4.78 is 0. The topological polar surface area (TPSA) is 63.1 Å². The van der Waals surface area contributed by atoms with Gasteiger partial charge in [-0.1, -0.05) is 108 Å². The predicted octanol–water partition coefficient (Wildman–Crippen LogP) is 11.3. The molecule has 247 valence electrons. The standard InChI is InChI=1S/C25H23N2.C15H24O2.CH4.Ir/c1-17-9-11-18(12-10-17)20-13-14-24-23(15-20)25(27-16-26-24)22-8-4-6-19-5-2-3-7-21(19)22;16-14(12-7-3-1-4-8-12)11-15(17)13-9-5-2-6-10-13;;/h2-7,13-18H,9-12H2,1H3;11-13,16H,1-10H2;1H4;/q-1;;;. The number of hydrogen-bond acceptors (Lipinski definition) is 4. The first-order chi connectivity index (χ1) is 21.6. The summed E-state index contributed by atoms with van der Waals surface area (Å²) >= 11 is 0. The maximum absolute atomic E-state index is 12.0. The second-order valence-electron chi connectivity index (χ2n) is 13.5. The molecule has 3 aliphatic rings. The summed E-state index contributed by atoms with van der Waals surface area (Å²) in [7, 11) is 0. The molecule has 3 aliphatic carbocycles. The van der Waals surface area contributed by atoms with E-state index in [2.05, 4.69) is 71.5 Å². The number of aliphatic hydroxyl groups is 1. The molecule has 4 nitrogen and oxygen atoms in total. The summed E-state index contributed by atoms with van der Waals surface area (Å²) in [6.07, 6.45) is 19.9. The number of aromatic nitrogens is 2. The smallest absolute Gasteiger partial charge is 0.162 e. The van der Waals surface area contributed by atoms with Crippen molar-refractivity contribution in [3.05, 3.63) is 84.4 Å². The molecular formula is C41H51IrN2O2-. The van der Waals surface area contributed by atoms with Crippen molar-refractivity contribution in [3.8, 4) is 11.3 Å². The van der Waals surface area contributed by atoms with Crippen LogP contribution in [0.4, 0.5) is 0 Å². The van der Waals surface area contributed by atoms with E-state index in [1.807, 2.05) is 6.07 Å². The van der Waals surface area contributed by atoms with Gasteiger partial charge in [-0.25, -0.2) is 4.98 Å². The van der Waals surface area contributed by atoms with Gasteiger partial charge in [-0.15, -0.1) is 29.1 Å². The summed E-state index contributed by atoms with van der Waals surface area (Å²) in [5, 5.41) is 13.6. The average molecular weight is 796 g/mol.